The summed E-state index contributed by atoms with van der Waals surface area (Å²) >= 11 is 0. The molecule has 134 valence electrons. The Morgan fingerprint density at radius 2 is 2.08 bits per heavy atom. The van der Waals surface area contributed by atoms with Crippen molar-refractivity contribution in [1.29, 1.82) is 0 Å². The van der Waals surface area contributed by atoms with E-state index in [9.17, 15) is 13.2 Å². The van der Waals surface area contributed by atoms with Gasteiger partial charge in [-0.05, 0) is 44.7 Å². The molecule has 0 radical (unpaired) electrons. The first kappa shape index (κ1) is 18.7. The van der Waals surface area contributed by atoms with Crippen LogP contribution in [-0.2, 0) is 14.8 Å². The van der Waals surface area contributed by atoms with Crippen molar-refractivity contribution < 1.29 is 17.9 Å². The SMILES string of the molecule is Cc1ccc(OCC(=O)N2CCCC[C@@H]2CNS(C)(=O)=O)c(C)c1. The molecule has 0 aliphatic carbocycles. The van der Waals surface area contributed by atoms with Crippen LogP contribution in [0.25, 0.3) is 0 Å². The molecular weight excluding hydrogens is 328 g/mol. The fourth-order valence-electron chi connectivity index (χ4n) is 2.97. The maximum atomic E-state index is 12.5. The number of nitrogens with one attached hydrogen (secondary N) is 1. The average Bonchev–Trinajstić information content (AvgIpc) is 2.51. The first-order valence-electron chi connectivity index (χ1n) is 8.20. The molecule has 1 aromatic rings. The number of hydrogen-bond donors (Lipinski definition) is 1. The second kappa shape index (κ2) is 7.98. The van der Waals surface area contributed by atoms with Gasteiger partial charge in [0.1, 0.15) is 5.75 Å². The number of benzene rings is 1. The summed E-state index contributed by atoms with van der Waals surface area (Å²) in [4.78, 5) is 14.2. The summed E-state index contributed by atoms with van der Waals surface area (Å²) in [7, 11) is -3.26. The summed E-state index contributed by atoms with van der Waals surface area (Å²) in [6.45, 7) is 4.83. The third-order valence-corrected chi connectivity index (χ3v) is 4.90. The van der Waals surface area contributed by atoms with E-state index in [1.807, 2.05) is 32.0 Å². The number of carbonyl (C=O) groups excluding carboxylic acids is 1. The fraction of sp³-hybridized carbons (Fsp3) is 0.588. The average molecular weight is 354 g/mol. The van der Waals surface area contributed by atoms with Crippen molar-refractivity contribution >= 4 is 15.9 Å². The van der Waals surface area contributed by atoms with Crippen LogP contribution in [0.15, 0.2) is 18.2 Å². The monoisotopic (exact) mass is 354 g/mol. The molecule has 0 aromatic heterocycles. The molecule has 1 N–H and O–H groups in total. The van der Waals surface area contributed by atoms with Crippen molar-refractivity contribution in [3.05, 3.63) is 29.3 Å². The van der Waals surface area contributed by atoms with Crippen LogP contribution in [0.3, 0.4) is 0 Å². The minimum Gasteiger partial charge on any atom is -0.484 e. The normalized spacial score (nSPS) is 18.5. The lowest BCUT2D eigenvalue weighted by Gasteiger charge is -2.35. The van der Waals surface area contributed by atoms with E-state index in [0.29, 0.717) is 12.3 Å². The van der Waals surface area contributed by atoms with Crippen LogP contribution in [0.4, 0.5) is 0 Å². The number of carbonyl (C=O) groups is 1. The van der Waals surface area contributed by atoms with Gasteiger partial charge in [-0.15, -0.1) is 0 Å². The maximum absolute atomic E-state index is 12.5. The van der Waals surface area contributed by atoms with Crippen LogP contribution in [0.1, 0.15) is 30.4 Å². The Morgan fingerprint density at radius 3 is 2.75 bits per heavy atom. The van der Waals surface area contributed by atoms with Crippen molar-refractivity contribution in [2.45, 2.75) is 39.2 Å². The number of nitrogens with zero attached hydrogens (tertiary/aromatic N) is 1. The van der Waals surface area contributed by atoms with Crippen molar-refractivity contribution in [2.24, 2.45) is 0 Å². The van der Waals surface area contributed by atoms with Gasteiger partial charge in [-0.1, -0.05) is 17.7 Å². The van der Waals surface area contributed by atoms with E-state index in [1.165, 1.54) is 0 Å². The number of aryl methyl sites for hydroxylation is 2. The number of rotatable bonds is 6. The zero-order chi connectivity index (χ0) is 17.7. The van der Waals surface area contributed by atoms with E-state index in [4.69, 9.17) is 4.74 Å². The van der Waals surface area contributed by atoms with Crippen LogP contribution in [0.5, 0.6) is 5.75 Å². The quantitative estimate of drug-likeness (QED) is 0.842. The van der Waals surface area contributed by atoms with Crippen molar-refractivity contribution in [2.75, 3.05) is 26.0 Å². The molecule has 0 unspecified atom stereocenters. The van der Waals surface area contributed by atoms with E-state index in [-0.39, 0.29) is 25.1 Å². The molecule has 2 rings (SSSR count). The van der Waals surface area contributed by atoms with E-state index >= 15 is 0 Å². The number of likely N-dealkylation sites (tertiary alicyclic amines) is 1. The summed E-state index contributed by atoms with van der Waals surface area (Å²) < 4.78 is 30.7. The van der Waals surface area contributed by atoms with Gasteiger partial charge in [0, 0.05) is 19.1 Å². The first-order valence-corrected chi connectivity index (χ1v) is 10.1. The van der Waals surface area contributed by atoms with E-state index in [1.54, 1.807) is 4.90 Å². The molecule has 1 heterocycles. The fourth-order valence-corrected chi connectivity index (χ4v) is 3.47. The Labute approximate surface area is 144 Å². The maximum Gasteiger partial charge on any atom is 0.260 e. The molecule has 0 bridgehead atoms. The van der Waals surface area contributed by atoms with Crippen LogP contribution in [0, 0.1) is 13.8 Å². The van der Waals surface area contributed by atoms with Gasteiger partial charge in [-0.25, -0.2) is 13.1 Å². The smallest absolute Gasteiger partial charge is 0.260 e. The summed E-state index contributed by atoms with van der Waals surface area (Å²) in [6, 6.07) is 5.73. The summed E-state index contributed by atoms with van der Waals surface area (Å²) in [5, 5.41) is 0. The Bertz CT molecular complexity index is 688. The molecule has 24 heavy (non-hydrogen) atoms. The molecule has 0 saturated carbocycles. The highest BCUT2D eigenvalue weighted by Gasteiger charge is 2.27. The van der Waals surface area contributed by atoms with Gasteiger partial charge in [-0.2, -0.15) is 0 Å². The molecule has 1 fully saturated rings. The van der Waals surface area contributed by atoms with Gasteiger partial charge in [0.15, 0.2) is 6.61 Å². The summed E-state index contributed by atoms with van der Waals surface area (Å²) in [5.41, 5.74) is 2.14. The Morgan fingerprint density at radius 1 is 1.33 bits per heavy atom. The third kappa shape index (κ3) is 5.49. The molecule has 6 nitrogen and oxygen atoms in total. The molecule has 1 amide bonds. The Hall–Kier alpha value is -1.60. The largest absolute Gasteiger partial charge is 0.484 e. The molecule has 0 spiro atoms. The number of ether oxygens (including phenoxy) is 1. The number of sulfonamides is 1. The van der Waals surface area contributed by atoms with Gasteiger partial charge >= 0.3 is 0 Å². The number of hydrogen-bond acceptors (Lipinski definition) is 4. The summed E-state index contributed by atoms with van der Waals surface area (Å²) in [6.07, 6.45) is 3.87. The Kier molecular flexibility index (Phi) is 6.23. The molecule has 1 saturated heterocycles. The van der Waals surface area contributed by atoms with Crippen LogP contribution in [-0.4, -0.2) is 51.2 Å². The highest BCUT2D eigenvalue weighted by molar-refractivity contribution is 7.88. The van der Waals surface area contributed by atoms with Gasteiger partial charge in [0.25, 0.3) is 5.91 Å². The first-order chi connectivity index (χ1) is 11.3. The summed E-state index contributed by atoms with van der Waals surface area (Å²) in [5.74, 6) is 0.603. The van der Waals surface area contributed by atoms with Crippen LogP contribution >= 0.6 is 0 Å². The van der Waals surface area contributed by atoms with Crippen molar-refractivity contribution in [1.82, 2.24) is 9.62 Å². The second-order valence-corrected chi connectivity index (χ2v) is 8.25. The minimum absolute atomic E-state index is 0.0285. The molecule has 1 aliphatic heterocycles. The number of amides is 1. The van der Waals surface area contributed by atoms with Gasteiger partial charge in [-0.3, -0.25) is 4.79 Å². The molecule has 7 heteroatoms. The lowest BCUT2D eigenvalue weighted by Crippen LogP contribution is -2.50. The van der Waals surface area contributed by atoms with Gasteiger partial charge in [0.05, 0.1) is 6.26 Å². The predicted molar refractivity (Wildman–Crippen MR) is 93.6 cm³/mol. The van der Waals surface area contributed by atoms with Gasteiger partial charge in [0.2, 0.25) is 10.0 Å². The highest BCUT2D eigenvalue weighted by atomic mass is 32.2. The number of piperidine rings is 1. The van der Waals surface area contributed by atoms with E-state index in [0.717, 1.165) is 36.6 Å². The highest BCUT2D eigenvalue weighted by Crippen LogP contribution is 2.20. The topological polar surface area (TPSA) is 75.7 Å². The van der Waals surface area contributed by atoms with E-state index < -0.39 is 10.0 Å². The lowest BCUT2D eigenvalue weighted by molar-refractivity contribution is -0.136. The van der Waals surface area contributed by atoms with Crippen LogP contribution < -0.4 is 9.46 Å². The zero-order valence-electron chi connectivity index (χ0n) is 14.5. The minimum atomic E-state index is -3.26. The second-order valence-electron chi connectivity index (χ2n) is 6.41. The molecular formula is C17H26N2O4S. The lowest BCUT2D eigenvalue weighted by atomic mass is 10.0. The van der Waals surface area contributed by atoms with Crippen molar-refractivity contribution in [3.63, 3.8) is 0 Å². The molecule has 1 aromatic carbocycles. The third-order valence-electron chi connectivity index (χ3n) is 4.21. The van der Waals surface area contributed by atoms with Crippen molar-refractivity contribution in [3.8, 4) is 5.75 Å². The predicted octanol–water partition coefficient (Wildman–Crippen LogP) is 1.61. The van der Waals surface area contributed by atoms with Crippen LogP contribution in [0.2, 0.25) is 0 Å². The standard InChI is InChI=1S/C17H26N2O4S/c1-13-7-8-16(14(2)10-13)23-12-17(20)19-9-5-4-6-15(19)11-18-24(3,21)22/h7-8,10,15,18H,4-6,9,11-12H2,1-3H3/t15-/m1/s1. The zero-order valence-corrected chi connectivity index (χ0v) is 15.4. The molecule has 1 atom stereocenters. The van der Waals surface area contributed by atoms with E-state index in [2.05, 4.69) is 4.72 Å². The van der Waals surface area contributed by atoms with Gasteiger partial charge < -0.3 is 9.64 Å². The Balaban J connectivity index is 1.95. The molecule has 1 aliphatic rings.